The second kappa shape index (κ2) is 4.62. The van der Waals surface area contributed by atoms with Crippen LogP contribution in [0.1, 0.15) is 12.5 Å². The molecule has 0 unspecified atom stereocenters. The fourth-order valence-corrected chi connectivity index (χ4v) is 2.41. The van der Waals surface area contributed by atoms with Gasteiger partial charge in [-0.05, 0) is 35.6 Å². The van der Waals surface area contributed by atoms with Gasteiger partial charge in [-0.3, -0.25) is 0 Å². The van der Waals surface area contributed by atoms with Crippen molar-refractivity contribution in [3.05, 3.63) is 30.0 Å². The molecule has 0 bridgehead atoms. The van der Waals surface area contributed by atoms with E-state index in [2.05, 4.69) is 11.9 Å². The maximum Gasteiger partial charge on any atom is 0.125 e. The van der Waals surface area contributed by atoms with Gasteiger partial charge in [0.2, 0.25) is 0 Å². The first kappa shape index (κ1) is 10.4. The molecule has 2 nitrogen and oxygen atoms in total. The lowest BCUT2D eigenvalue weighted by atomic mass is 10.1. The molecule has 1 aromatic carbocycles. The molecule has 0 fully saturated rings. The third kappa shape index (κ3) is 2.12. The van der Waals surface area contributed by atoms with Gasteiger partial charge in [0.1, 0.15) is 5.75 Å². The Morgan fingerprint density at radius 2 is 2.27 bits per heavy atom. The van der Waals surface area contributed by atoms with Crippen molar-refractivity contribution in [3.63, 3.8) is 0 Å². The Labute approximate surface area is 93.7 Å². The van der Waals surface area contributed by atoms with E-state index in [-0.39, 0.29) is 0 Å². The highest BCUT2D eigenvalue weighted by molar-refractivity contribution is 7.99. The largest absolute Gasteiger partial charge is 0.507 e. The summed E-state index contributed by atoms with van der Waals surface area (Å²) in [4.78, 5) is 3.19. The first-order valence-electron chi connectivity index (χ1n) is 5.18. The smallest absolute Gasteiger partial charge is 0.125 e. The maximum absolute atomic E-state index is 9.77. The van der Waals surface area contributed by atoms with Crippen LogP contribution in [0.2, 0.25) is 0 Å². The fourth-order valence-electron chi connectivity index (χ4n) is 1.76. The van der Waals surface area contributed by atoms with Gasteiger partial charge in [0, 0.05) is 17.1 Å². The van der Waals surface area contributed by atoms with Crippen molar-refractivity contribution in [1.82, 2.24) is 4.98 Å². The lowest BCUT2D eigenvalue weighted by molar-refractivity contribution is 0.481. The molecule has 0 spiro atoms. The molecule has 0 atom stereocenters. The molecule has 2 N–H and O–H groups in total. The van der Waals surface area contributed by atoms with Gasteiger partial charge in [-0.1, -0.05) is 13.0 Å². The number of phenols is 1. The second-order valence-corrected chi connectivity index (χ2v) is 4.85. The number of aromatic hydroxyl groups is 1. The van der Waals surface area contributed by atoms with Crippen LogP contribution >= 0.6 is 11.8 Å². The van der Waals surface area contributed by atoms with Crippen molar-refractivity contribution in [2.24, 2.45) is 0 Å². The normalized spacial score (nSPS) is 11.0. The van der Waals surface area contributed by atoms with Crippen LogP contribution in [0.5, 0.6) is 5.75 Å². The zero-order valence-electron chi connectivity index (χ0n) is 8.79. The van der Waals surface area contributed by atoms with Crippen LogP contribution < -0.4 is 0 Å². The van der Waals surface area contributed by atoms with Crippen molar-refractivity contribution >= 4 is 22.7 Å². The molecule has 0 amide bonds. The Bertz CT molecular complexity index is 450. The van der Waals surface area contributed by atoms with Crippen LogP contribution in [-0.2, 0) is 6.42 Å². The quantitative estimate of drug-likeness (QED) is 0.778. The van der Waals surface area contributed by atoms with Gasteiger partial charge in [0.25, 0.3) is 0 Å². The van der Waals surface area contributed by atoms with E-state index in [0.717, 1.165) is 28.8 Å². The molecule has 0 aliphatic carbocycles. The maximum atomic E-state index is 9.77. The van der Waals surface area contributed by atoms with Crippen LogP contribution in [0, 0.1) is 0 Å². The van der Waals surface area contributed by atoms with Crippen molar-refractivity contribution < 1.29 is 5.11 Å². The zero-order chi connectivity index (χ0) is 10.7. The standard InChI is InChI=1S/C12H15NOS/c1-2-15-7-6-9-8-13-10-4-3-5-11(14)12(9)10/h3-5,8,13-14H,2,6-7H2,1H3. The number of rotatable bonds is 4. The van der Waals surface area contributed by atoms with E-state index in [1.54, 1.807) is 6.07 Å². The van der Waals surface area contributed by atoms with Gasteiger partial charge in [-0.25, -0.2) is 0 Å². The van der Waals surface area contributed by atoms with E-state index >= 15 is 0 Å². The fraction of sp³-hybridized carbons (Fsp3) is 0.333. The number of aromatic nitrogens is 1. The topological polar surface area (TPSA) is 36.0 Å². The van der Waals surface area contributed by atoms with Crippen LogP contribution in [0.15, 0.2) is 24.4 Å². The molecule has 0 saturated heterocycles. The summed E-state index contributed by atoms with van der Waals surface area (Å²) < 4.78 is 0. The molecule has 0 aliphatic rings. The van der Waals surface area contributed by atoms with Crippen molar-refractivity contribution in [2.75, 3.05) is 11.5 Å². The summed E-state index contributed by atoms with van der Waals surface area (Å²) in [5, 5.41) is 10.8. The van der Waals surface area contributed by atoms with E-state index in [1.165, 1.54) is 5.56 Å². The lowest BCUT2D eigenvalue weighted by Gasteiger charge is -2.00. The number of thioether (sulfide) groups is 1. The molecule has 1 heterocycles. The predicted molar refractivity (Wildman–Crippen MR) is 66.7 cm³/mol. The van der Waals surface area contributed by atoms with Gasteiger partial charge < -0.3 is 10.1 Å². The molecule has 2 rings (SSSR count). The Hall–Kier alpha value is -1.09. The van der Waals surface area contributed by atoms with E-state index < -0.39 is 0 Å². The Morgan fingerprint density at radius 3 is 3.07 bits per heavy atom. The Kier molecular flexibility index (Phi) is 3.21. The highest BCUT2D eigenvalue weighted by Gasteiger charge is 2.06. The molecule has 1 aromatic heterocycles. The molecule has 3 heteroatoms. The van der Waals surface area contributed by atoms with Crippen LogP contribution in [0.4, 0.5) is 0 Å². The molecule has 15 heavy (non-hydrogen) atoms. The minimum absolute atomic E-state index is 0.380. The summed E-state index contributed by atoms with van der Waals surface area (Å²) in [7, 11) is 0. The van der Waals surface area contributed by atoms with Gasteiger partial charge in [0.05, 0.1) is 0 Å². The molecule has 0 aliphatic heterocycles. The van der Waals surface area contributed by atoms with Crippen LogP contribution in [-0.4, -0.2) is 21.6 Å². The van der Waals surface area contributed by atoms with E-state index in [1.807, 2.05) is 30.1 Å². The average Bonchev–Trinajstić information content (AvgIpc) is 2.63. The minimum atomic E-state index is 0.380. The van der Waals surface area contributed by atoms with Gasteiger partial charge >= 0.3 is 0 Å². The highest BCUT2D eigenvalue weighted by Crippen LogP contribution is 2.28. The van der Waals surface area contributed by atoms with Crippen LogP contribution in [0.3, 0.4) is 0 Å². The molecular weight excluding hydrogens is 206 g/mol. The van der Waals surface area contributed by atoms with Gasteiger partial charge in [-0.2, -0.15) is 11.8 Å². The number of hydrogen-bond acceptors (Lipinski definition) is 2. The number of benzene rings is 1. The first-order valence-corrected chi connectivity index (χ1v) is 6.34. The summed E-state index contributed by atoms with van der Waals surface area (Å²) in [5.74, 6) is 2.64. The van der Waals surface area contributed by atoms with Crippen LogP contribution in [0.25, 0.3) is 10.9 Å². The summed E-state index contributed by atoms with van der Waals surface area (Å²) in [5.41, 5.74) is 2.23. The summed E-state index contributed by atoms with van der Waals surface area (Å²) in [6.45, 7) is 2.16. The van der Waals surface area contributed by atoms with Gasteiger partial charge in [0.15, 0.2) is 0 Å². The molecule has 0 radical (unpaired) electrons. The Morgan fingerprint density at radius 1 is 1.40 bits per heavy atom. The van der Waals surface area contributed by atoms with Crippen molar-refractivity contribution in [1.29, 1.82) is 0 Å². The number of hydrogen-bond donors (Lipinski definition) is 2. The van der Waals surface area contributed by atoms with Crippen molar-refractivity contribution in [2.45, 2.75) is 13.3 Å². The second-order valence-electron chi connectivity index (χ2n) is 3.46. The minimum Gasteiger partial charge on any atom is -0.507 e. The number of aryl methyl sites for hydroxylation is 1. The van der Waals surface area contributed by atoms with Gasteiger partial charge in [-0.15, -0.1) is 0 Å². The third-order valence-electron chi connectivity index (χ3n) is 2.49. The number of phenolic OH excluding ortho intramolecular Hbond substituents is 1. The summed E-state index contributed by atoms with van der Waals surface area (Å²) in [6, 6.07) is 5.59. The number of fused-ring (bicyclic) bond motifs is 1. The Balaban J connectivity index is 2.27. The monoisotopic (exact) mass is 221 g/mol. The number of H-pyrrole nitrogens is 1. The number of nitrogens with one attached hydrogen (secondary N) is 1. The summed E-state index contributed by atoms with van der Waals surface area (Å²) >= 11 is 1.93. The van der Waals surface area contributed by atoms with E-state index in [0.29, 0.717) is 5.75 Å². The van der Waals surface area contributed by atoms with E-state index in [4.69, 9.17) is 0 Å². The van der Waals surface area contributed by atoms with E-state index in [9.17, 15) is 5.11 Å². The molecule has 0 saturated carbocycles. The molecule has 80 valence electrons. The number of aromatic amines is 1. The average molecular weight is 221 g/mol. The zero-order valence-corrected chi connectivity index (χ0v) is 9.60. The SMILES string of the molecule is CCSCCc1c[nH]c2cccc(O)c12. The molecular formula is C12H15NOS. The predicted octanol–water partition coefficient (Wildman–Crippen LogP) is 3.17. The summed E-state index contributed by atoms with van der Waals surface area (Å²) in [6.07, 6.45) is 3.01. The molecule has 2 aromatic rings. The first-order chi connectivity index (χ1) is 7.33. The van der Waals surface area contributed by atoms with Crippen molar-refractivity contribution in [3.8, 4) is 5.75 Å². The third-order valence-corrected chi connectivity index (χ3v) is 3.39. The highest BCUT2D eigenvalue weighted by atomic mass is 32.2. The lowest BCUT2D eigenvalue weighted by Crippen LogP contribution is -1.87.